The van der Waals surface area contributed by atoms with Crippen LogP contribution in [0.25, 0.3) is 0 Å². The van der Waals surface area contributed by atoms with Gasteiger partial charge >= 0.3 is 0 Å². The standard InChI is InChI=1S/C18H21NOS2/c1-19-14-6-7-15(19)11-13(10-14)12-18(20,16-4-2-8-21-16)17-5-3-9-22-17/h2-5,8-9,12,14-15,20H,6-7,10-11H2,1H3/b13-12-/t14-,15+/m1/s1. The maximum absolute atomic E-state index is 11.5. The molecule has 4 heterocycles. The van der Waals surface area contributed by atoms with Crippen LogP contribution in [-0.2, 0) is 5.60 Å². The van der Waals surface area contributed by atoms with Gasteiger partial charge in [-0.3, -0.25) is 4.90 Å². The van der Waals surface area contributed by atoms with Crippen molar-refractivity contribution in [1.82, 2.24) is 4.90 Å². The number of hydrogen-bond donors (Lipinski definition) is 1. The monoisotopic (exact) mass is 331 g/mol. The molecule has 0 amide bonds. The number of piperidine rings is 1. The number of thiophene rings is 2. The summed E-state index contributed by atoms with van der Waals surface area (Å²) in [6.45, 7) is 0. The van der Waals surface area contributed by atoms with E-state index in [1.165, 1.54) is 18.4 Å². The number of rotatable bonds is 3. The quantitative estimate of drug-likeness (QED) is 0.851. The minimum Gasteiger partial charge on any atom is -0.375 e. The third-order valence-electron chi connectivity index (χ3n) is 5.19. The summed E-state index contributed by atoms with van der Waals surface area (Å²) in [5.74, 6) is 0. The average molecular weight is 332 g/mol. The zero-order chi connectivity index (χ0) is 15.2. The number of aliphatic hydroxyl groups is 1. The fourth-order valence-electron chi connectivity index (χ4n) is 3.94. The van der Waals surface area contributed by atoms with Crippen molar-refractivity contribution in [3.8, 4) is 0 Å². The Bertz CT molecular complexity index is 609. The van der Waals surface area contributed by atoms with E-state index in [4.69, 9.17) is 0 Å². The minimum atomic E-state index is -0.951. The largest absolute Gasteiger partial charge is 0.375 e. The van der Waals surface area contributed by atoms with Gasteiger partial charge in [-0.15, -0.1) is 22.7 Å². The number of fused-ring (bicyclic) bond motifs is 2. The van der Waals surface area contributed by atoms with Crippen LogP contribution in [0.5, 0.6) is 0 Å². The predicted octanol–water partition coefficient (Wildman–Crippen LogP) is 4.23. The lowest BCUT2D eigenvalue weighted by Crippen LogP contribution is -2.37. The van der Waals surface area contributed by atoms with Crippen molar-refractivity contribution in [2.24, 2.45) is 0 Å². The summed E-state index contributed by atoms with van der Waals surface area (Å²) in [5, 5.41) is 15.6. The molecule has 0 saturated carbocycles. The van der Waals surface area contributed by atoms with Crippen LogP contribution in [0.1, 0.15) is 35.4 Å². The maximum atomic E-state index is 11.5. The molecule has 2 aromatic heterocycles. The van der Waals surface area contributed by atoms with E-state index < -0.39 is 5.60 Å². The molecule has 2 nitrogen and oxygen atoms in total. The fourth-order valence-corrected chi connectivity index (χ4v) is 5.62. The molecule has 116 valence electrons. The van der Waals surface area contributed by atoms with Crippen LogP contribution in [0.15, 0.2) is 46.7 Å². The van der Waals surface area contributed by atoms with Crippen molar-refractivity contribution in [2.45, 2.75) is 43.4 Å². The van der Waals surface area contributed by atoms with Gasteiger partial charge < -0.3 is 5.11 Å². The Balaban J connectivity index is 1.72. The highest BCUT2D eigenvalue weighted by molar-refractivity contribution is 7.11. The molecule has 2 saturated heterocycles. The summed E-state index contributed by atoms with van der Waals surface area (Å²) >= 11 is 3.27. The van der Waals surface area contributed by atoms with Crippen LogP contribution in [0.4, 0.5) is 0 Å². The lowest BCUT2D eigenvalue weighted by atomic mass is 9.90. The summed E-state index contributed by atoms with van der Waals surface area (Å²) in [5.41, 5.74) is 0.474. The van der Waals surface area contributed by atoms with Gasteiger partial charge in [0, 0.05) is 21.8 Å². The second-order valence-corrected chi connectivity index (χ2v) is 8.38. The van der Waals surface area contributed by atoms with E-state index in [1.54, 1.807) is 22.7 Å². The van der Waals surface area contributed by atoms with Gasteiger partial charge in [0.15, 0.2) is 5.60 Å². The molecule has 0 radical (unpaired) electrons. The highest BCUT2D eigenvalue weighted by Crippen LogP contribution is 2.42. The van der Waals surface area contributed by atoms with Gasteiger partial charge in [0.1, 0.15) is 0 Å². The van der Waals surface area contributed by atoms with Crippen molar-refractivity contribution in [2.75, 3.05) is 7.05 Å². The Morgan fingerprint density at radius 3 is 2.09 bits per heavy atom. The lowest BCUT2D eigenvalue weighted by molar-refractivity contribution is 0.138. The SMILES string of the molecule is CN1[C@@H]2CC[C@H]1C/C(=C\C(O)(c1cccs1)c1cccs1)C2. The van der Waals surface area contributed by atoms with E-state index >= 15 is 0 Å². The third kappa shape index (κ3) is 2.38. The Morgan fingerprint density at radius 1 is 1.09 bits per heavy atom. The smallest absolute Gasteiger partial charge is 0.152 e. The van der Waals surface area contributed by atoms with E-state index in [0.29, 0.717) is 12.1 Å². The second-order valence-electron chi connectivity index (χ2n) is 6.48. The lowest BCUT2D eigenvalue weighted by Gasteiger charge is -2.34. The van der Waals surface area contributed by atoms with Crippen LogP contribution < -0.4 is 0 Å². The topological polar surface area (TPSA) is 23.5 Å². The molecule has 2 fully saturated rings. The Morgan fingerprint density at radius 2 is 1.64 bits per heavy atom. The van der Waals surface area contributed by atoms with Crippen molar-refractivity contribution in [1.29, 1.82) is 0 Å². The summed E-state index contributed by atoms with van der Waals surface area (Å²) in [4.78, 5) is 4.58. The average Bonchev–Trinajstić information content (AvgIpc) is 3.22. The molecular formula is C18H21NOS2. The molecule has 2 aliphatic rings. The fraction of sp³-hybridized carbons (Fsp3) is 0.444. The third-order valence-corrected chi connectivity index (χ3v) is 7.18. The van der Waals surface area contributed by atoms with Gasteiger partial charge in [-0.2, -0.15) is 0 Å². The summed E-state index contributed by atoms with van der Waals surface area (Å²) < 4.78 is 0. The van der Waals surface area contributed by atoms with Crippen LogP contribution in [0.3, 0.4) is 0 Å². The first-order chi connectivity index (χ1) is 10.7. The van der Waals surface area contributed by atoms with Crippen LogP contribution in [-0.4, -0.2) is 29.1 Å². The highest BCUT2D eigenvalue weighted by Gasteiger charge is 2.38. The molecule has 4 heteroatoms. The highest BCUT2D eigenvalue weighted by atomic mass is 32.1. The molecule has 0 spiro atoms. The predicted molar refractivity (Wildman–Crippen MR) is 93.5 cm³/mol. The zero-order valence-corrected chi connectivity index (χ0v) is 14.4. The van der Waals surface area contributed by atoms with Gasteiger partial charge in [-0.05, 0) is 61.7 Å². The first kappa shape index (κ1) is 14.6. The molecular weight excluding hydrogens is 310 g/mol. The van der Waals surface area contributed by atoms with E-state index in [1.807, 2.05) is 35.0 Å². The van der Waals surface area contributed by atoms with Crippen molar-refractivity contribution < 1.29 is 5.11 Å². The van der Waals surface area contributed by atoms with Gasteiger partial charge in [-0.25, -0.2) is 0 Å². The molecule has 0 aliphatic carbocycles. The van der Waals surface area contributed by atoms with E-state index in [9.17, 15) is 5.11 Å². The Hall–Kier alpha value is -0.940. The van der Waals surface area contributed by atoms with Crippen LogP contribution >= 0.6 is 22.7 Å². The molecule has 22 heavy (non-hydrogen) atoms. The van der Waals surface area contributed by atoms with E-state index in [0.717, 1.165) is 22.6 Å². The number of nitrogens with zero attached hydrogens (tertiary/aromatic N) is 1. The first-order valence-electron chi connectivity index (χ1n) is 7.90. The van der Waals surface area contributed by atoms with Crippen molar-refractivity contribution in [3.05, 3.63) is 56.4 Å². The normalized spacial score (nSPS) is 27.6. The summed E-state index contributed by atoms with van der Waals surface area (Å²) in [6.07, 6.45) is 6.96. The van der Waals surface area contributed by atoms with Gasteiger partial charge in [0.2, 0.25) is 0 Å². The summed E-state index contributed by atoms with van der Waals surface area (Å²) in [7, 11) is 2.25. The van der Waals surface area contributed by atoms with Gasteiger partial charge in [-0.1, -0.05) is 17.7 Å². The molecule has 2 bridgehead atoms. The Labute approximate surface area is 139 Å². The Kier molecular flexibility index (Phi) is 3.73. The van der Waals surface area contributed by atoms with E-state index in [-0.39, 0.29) is 0 Å². The van der Waals surface area contributed by atoms with Crippen LogP contribution in [0.2, 0.25) is 0 Å². The van der Waals surface area contributed by atoms with E-state index in [2.05, 4.69) is 18.0 Å². The molecule has 4 rings (SSSR count). The van der Waals surface area contributed by atoms with Gasteiger partial charge in [0.25, 0.3) is 0 Å². The molecule has 2 atom stereocenters. The van der Waals surface area contributed by atoms with Gasteiger partial charge in [0.05, 0.1) is 0 Å². The summed E-state index contributed by atoms with van der Waals surface area (Å²) in [6, 6.07) is 9.47. The zero-order valence-electron chi connectivity index (χ0n) is 12.7. The molecule has 0 aromatic carbocycles. The first-order valence-corrected chi connectivity index (χ1v) is 9.65. The molecule has 2 aromatic rings. The van der Waals surface area contributed by atoms with Crippen LogP contribution in [0, 0.1) is 0 Å². The van der Waals surface area contributed by atoms with Crippen molar-refractivity contribution in [3.63, 3.8) is 0 Å². The molecule has 1 N–H and O–H groups in total. The second kappa shape index (κ2) is 5.60. The molecule has 0 unspecified atom stereocenters. The maximum Gasteiger partial charge on any atom is 0.152 e. The minimum absolute atomic E-state index is 0.668. The molecule has 2 aliphatic heterocycles. The van der Waals surface area contributed by atoms with Crippen molar-refractivity contribution >= 4 is 22.7 Å². The number of hydrogen-bond acceptors (Lipinski definition) is 4.